The van der Waals surface area contributed by atoms with Gasteiger partial charge in [-0.3, -0.25) is 4.18 Å². The zero-order chi connectivity index (χ0) is 9.84. The lowest BCUT2D eigenvalue weighted by Gasteiger charge is -2.14. The van der Waals surface area contributed by atoms with Crippen molar-refractivity contribution < 1.29 is 12.9 Å². The van der Waals surface area contributed by atoms with Gasteiger partial charge < -0.3 is 4.55 Å². The molecule has 0 spiro atoms. The minimum Gasteiger partial charge on any atom is -0.750 e. The topological polar surface area (TPSA) is 49.4 Å². The lowest BCUT2D eigenvalue weighted by atomic mass is 10.1. The van der Waals surface area contributed by atoms with E-state index in [1.165, 1.54) is 0 Å². The van der Waals surface area contributed by atoms with Crippen molar-refractivity contribution >= 4 is 11.4 Å². The summed E-state index contributed by atoms with van der Waals surface area (Å²) in [6.45, 7) is 3.65. The molecule has 3 nitrogen and oxygen atoms in total. The molecule has 4 heteroatoms. The van der Waals surface area contributed by atoms with Crippen LogP contribution in [0.15, 0.2) is 24.3 Å². The third-order valence-corrected chi connectivity index (χ3v) is 2.18. The Morgan fingerprint density at radius 3 is 2.77 bits per heavy atom. The maximum absolute atomic E-state index is 10.2. The van der Waals surface area contributed by atoms with Gasteiger partial charge in [0.1, 0.15) is 0 Å². The van der Waals surface area contributed by atoms with Gasteiger partial charge in [-0.05, 0) is 19.4 Å². The molecule has 1 rings (SSSR count). The molecule has 1 aromatic carbocycles. The van der Waals surface area contributed by atoms with Crippen LogP contribution in [-0.2, 0) is 15.5 Å². The first kappa shape index (κ1) is 10.4. The molecule has 2 unspecified atom stereocenters. The molecule has 0 bridgehead atoms. The fraction of sp³-hybridized carbons (Fsp3) is 0.333. The molecule has 0 heterocycles. The molecule has 13 heavy (non-hydrogen) atoms. The molecule has 0 fully saturated rings. The number of hydrogen-bond acceptors (Lipinski definition) is 3. The quantitative estimate of drug-likeness (QED) is 0.698. The van der Waals surface area contributed by atoms with Crippen molar-refractivity contribution in [1.29, 1.82) is 0 Å². The maximum Gasteiger partial charge on any atom is 0.0959 e. The zero-order valence-electron chi connectivity index (χ0n) is 7.52. The summed E-state index contributed by atoms with van der Waals surface area (Å²) in [5.74, 6) is 0. The fourth-order valence-corrected chi connectivity index (χ4v) is 1.44. The van der Waals surface area contributed by atoms with Crippen molar-refractivity contribution in [1.82, 2.24) is 0 Å². The second-order valence-electron chi connectivity index (χ2n) is 2.86. The first-order chi connectivity index (χ1) is 6.09. The molecule has 0 aliphatic rings. The molecule has 1 aromatic rings. The van der Waals surface area contributed by atoms with Crippen LogP contribution in [0.3, 0.4) is 0 Å². The van der Waals surface area contributed by atoms with Gasteiger partial charge in [-0.15, -0.1) is 0 Å². The van der Waals surface area contributed by atoms with E-state index in [4.69, 9.17) is 0 Å². The minimum atomic E-state index is -2.45. The Labute approximate surface area is 80.2 Å². The lowest BCUT2D eigenvalue weighted by Crippen LogP contribution is -2.02. The second kappa shape index (κ2) is 4.50. The van der Waals surface area contributed by atoms with E-state index in [0.29, 0.717) is 0 Å². The second-order valence-corrected chi connectivity index (χ2v) is 3.46. The van der Waals surface area contributed by atoms with Gasteiger partial charge in [-0.2, -0.15) is 0 Å². The predicted molar refractivity (Wildman–Crippen MR) is 49.6 cm³/mol. The van der Waals surface area contributed by atoms with Gasteiger partial charge in [0.25, 0.3) is 0 Å². The molecular formula is C9H11O3S-. The highest BCUT2D eigenvalue weighted by Gasteiger charge is 2.05. The Kier molecular flexibility index (Phi) is 3.59. The third-order valence-electron chi connectivity index (χ3n) is 1.73. The van der Waals surface area contributed by atoms with Crippen molar-refractivity contribution in [3.05, 3.63) is 35.4 Å². The molecule has 0 saturated heterocycles. The average Bonchev–Trinajstić information content (AvgIpc) is 2.03. The summed E-state index contributed by atoms with van der Waals surface area (Å²) in [6, 6.07) is 7.56. The Hall–Kier alpha value is -0.710. The summed E-state index contributed by atoms with van der Waals surface area (Å²) in [7, 11) is 0. The predicted octanol–water partition coefficient (Wildman–Crippen LogP) is 1.87. The van der Waals surface area contributed by atoms with Crippen molar-refractivity contribution in [2.24, 2.45) is 0 Å². The summed E-state index contributed by atoms with van der Waals surface area (Å²) < 4.78 is 25.1. The van der Waals surface area contributed by atoms with Crippen molar-refractivity contribution in [2.45, 2.75) is 20.0 Å². The number of benzene rings is 1. The third kappa shape index (κ3) is 3.26. The summed E-state index contributed by atoms with van der Waals surface area (Å²) in [4.78, 5) is 0. The van der Waals surface area contributed by atoms with Crippen LogP contribution < -0.4 is 0 Å². The van der Waals surface area contributed by atoms with E-state index >= 15 is 0 Å². The zero-order valence-corrected chi connectivity index (χ0v) is 8.34. The fourth-order valence-electron chi connectivity index (χ4n) is 1.10. The van der Waals surface area contributed by atoms with Gasteiger partial charge in [0, 0.05) is 0 Å². The lowest BCUT2D eigenvalue weighted by molar-refractivity contribution is 0.223. The standard InChI is InChI=1S/C9H12O3S/c1-7-4-3-5-9(6-7)8(2)12-13(10)11/h3-6,8H,1-2H3,(H,10,11)/p-1. The molecule has 72 valence electrons. The van der Waals surface area contributed by atoms with Crippen LogP contribution in [-0.4, -0.2) is 8.76 Å². The highest BCUT2D eigenvalue weighted by Crippen LogP contribution is 2.18. The first-order valence-electron chi connectivity index (χ1n) is 3.92. The van der Waals surface area contributed by atoms with Gasteiger partial charge in [0.2, 0.25) is 0 Å². The number of hydrogen-bond donors (Lipinski definition) is 0. The van der Waals surface area contributed by atoms with Gasteiger partial charge in [-0.1, -0.05) is 29.8 Å². The average molecular weight is 199 g/mol. The molecular weight excluding hydrogens is 188 g/mol. The van der Waals surface area contributed by atoms with E-state index in [-0.39, 0.29) is 0 Å². The van der Waals surface area contributed by atoms with Crippen LogP contribution in [0, 0.1) is 6.92 Å². The summed E-state index contributed by atoms with van der Waals surface area (Å²) in [5.41, 5.74) is 1.95. The van der Waals surface area contributed by atoms with Crippen molar-refractivity contribution in [2.75, 3.05) is 0 Å². The highest BCUT2D eigenvalue weighted by molar-refractivity contribution is 7.74. The molecule has 2 atom stereocenters. The molecule has 0 amide bonds. The van der Waals surface area contributed by atoms with Crippen LogP contribution in [0.4, 0.5) is 0 Å². The van der Waals surface area contributed by atoms with Crippen LogP contribution >= 0.6 is 0 Å². The maximum atomic E-state index is 10.2. The van der Waals surface area contributed by atoms with Gasteiger partial charge in [-0.25, -0.2) is 4.21 Å². The monoisotopic (exact) mass is 199 g/mol. The van der Waals surface area contributed by atoms with E-state index in [9.17, 15) is 8.76 Å². The molecule has 0 aliphatic carbocycles. The van der Waals surface area contributed by atoms with E-state index in [0.717, 1.165) is 11.1 Å². The van der Waals surface area contributed by atoms with Gasteiger partial charge in [0.05, 0.1) is 17.5 Å². The summed E-state index contributed by atoms with van der Waals surface area (Å²) >= 11 is -2.45. The molecule has 0 saturated carbocycles. The number of rotatable bonds is 3. The van der Waals surface area contributed by atoms with Crippen molar-refractivity contribution in [3.8, 4) is 0 Å². The van der Waals surface area contributed by atoms with Gasteiger partial charge >= 0.3 is 0 Å². The summed E-state index contributed by atoms with van der Waals surface area (Å²) in [6.07, 6.45) is -0.418. The number of aryl methyl sites for hydroxylation is 1. The Balaban J connectivity index is 2.76. The van der Waals surface area contributed by atoms with E-state index < -0.39 is 17.5 Å². The minimum absolute atomic E-state index is 0.418. The molecule has 0 N–H and O–H groups in total. The first-order valence-corrected chi connectivity index (χ1v) is 4.92. The Morgan fingerprint density at radius 1 is 1.54 bits per heavy atom. The van der Waals surface area contributed by atoms with Crippen LogP contribution in [0.2, 0.25) is 0 Å². The smallest absolute Gasteiger partial charge is 0.0959 e. The van der Waals surface area contributed by atoms with Gasteiger partial charge in [0.15, 0.2) is 0 Å². The summed E-state index contributed by atoms with van der Waals surface area (Å²) in [5, 5.41) is 0. The van der Waals surface area contributed by atoms with Crippen LogP contribution in [0.1, 0.15) is 24.2 Å². The van der Waals surface area contributed by atoms with E-state index in [1.54, 1.807) is 6.92 Å². The molecule has 0 aliphatic heterocycles. The largest absolute Gasteiger partial charge is 0.750 e. The Bertz CT molecular complexity index is 311. The van der Waals surface area contributed by atoms with Crippen LogP contribution in [0.25, 0.3) is 0 Å². The normalized spacial score (nSPS) is 15.3. The van der Waals surface area contributed by atoms with E-state index in [2.05, 4.69) is 4.18 Å². The molecule has 0 aromatic heterocycles. The Morgan fingerprint density at radius 2 is 2.23 bits per heavy atom. The highest BCUT2D eigenvalue weighted by atomic mass is 32.2. The van der Waals surface area contributed by atoms with Crippen LogP contribution in [0.5, 0.6) is 0 Å². The SMILES string of the molecule is Cc1cccc(C(C)OS(=O)[O-])c1. The molecule has 0 radical (unpaired) electrons. The van der Waals surface area contributed by atoms with E-state index in [1.807, 2.05) is 31.2 Å². The van der Waals surface area contributed by atoms with Crippen molar-refractivity contribution in [3.63, 3.8) is 0 Å².